The molecule has 19 nitrogen and oxygen atoms in total. The molecule has 148 heavy (non-hydrogen) atoms. The highest BCUT2D eigenvalue weighted by atomic mass is 16.5. The molecule has 12 aromatic carbocycles. The maximum Gasteiger partial charge on any atom is 0.129 e. The second kappa shape index (κ2) is 42.1. The van der Waals surface area contributed by atoms with Gasteiger partial charge < -0.3 is 92.6 Å². The Balaban J connectivity index is 0.000000112. The lowest BCUT2D eigenvalue weighted by molar-refractivity contribution is 0.0822. The van der Waals surface area contributed by atoms with Gasteiger partial charge in [0.15, 0.2) is 0 Å². The largest absolute Gasteiger partial charge is 0.508 e. The first-order chi connectivity index (χ1) is 70.7. The van der Waals surface area contributed by atoms with Crippen LogP contribution in [0.25, 0.3) is 0 Å². The van der Waals surface area contributed by atoms with E-state index in [1.807, 2.05) is 67.6 Å². The molecule has 0 fully saturated rings. The van der Waals surface area contributed by atoms with Crippen molar-refractivity contribution in [1.29, 1.82) is 0 Å². The summed E-state index contributed by atoms with van der Waals surface area (Å²) in [4.78, 5) is 0. The zero-order valence-electron chi connectivity index (χ0n) is 89.6. The number of para-hydroxylation sites is 1. The number of aryl methyl sites for hydroxylation is 3. The number of rotatable bonds is 10. The van der Waals surface area contributed by atoms with Crippen molar-refractivity contribution in [2.45, 2.75) is 328 Å². The summed E-state index contributed by atoms with van der Waals surface area (Å²) < 4.78 is 73.6. The Kier molecular flexibility index (Phi) is 29.4. The summed E-state index contributed by atoms with van der Waals surface area (Å²) in [6.07, 6.45) is 20.2. The quantitative estimate of drug-likeness (QED) is 0.0672. The third-order valence-electron chi connectivity index (χ3n) is 32.0. The van der Waals surface area contributed by atoms with Crippen LogP contribution in [0.3, 0.4) is 0 Å². The van der Waals surface area contributed by atoms with Crippen molar-refractivity contribution in [2.75, 3.05) is 39.6 Å². The predicted molar refractivity (Wildman–Crippen MR) is 581 cm³/mol. The third-order valence-corrected chi connectivity index (χ3v) is 32.0. The lowest BCUT2D eigenvalue weighted by atomic mass is 9.85. The van der Waals surface area contributed by atoms with Crippen molar-refractivity contribution in [1.82, 2.24) is 0 Å². The van der Waals surface area contributed by atoms with E-state index in [4.69, 9.17) is 56.8 Å². The molecule has 12 aromatic rings. The highest BCUT2D eigenvalue weighted by molar-refractivity contribution is 5.62. The van der Waals surface area contributed by atoms with E-state index in [1.165, 1.54) is 72.8 Å². The maximum absolute atomic E-state index is 10.5. The number of benzene rings is 12. The SMILES string of the molecule is CC(C)c1ccc(C2COc3c(ccc4c3CCC(C)(C)O4)C2)c(O)c1.CC1(C)CCc2c(ccc3c2OCC(c2ccc(O)cc2O)C3)O1.CC1(C)CCc2c(ccc3c2OCC(c2ccccc2O)C3)O1.CCCc1ccc(C2COc3c(ccc4c3CCC(C)(C)O4)C2)c(O)c1.CCc1ccc(C2COc3c(ccc4c3CCC(C)(C)O4)C2)c(O)c1.Cc1ccc(C2COc3c(ccc4c3CCC(C)(C)O4)C2)c(O)c1. The van der Waals surface area contributed by atoms with Crippen molar-refractivity contribution in [3.05, 3.63) is 310 Å². The van der Waals surface area contributed by atoms with Crippen LogP contribution >= 0.6 is 0 Å². The minimum atomic E-state index is -0.129. The number of ether oxygens (including phenoxy) is 12. The lowest BCUT2D eigenvalue weighted by Gasteiger charge is -2.35. The molecule has 0 saturated carbocycles. The molecule has 0 amide bonds. The Hall–Kier alpha value is -13.2. The van der Waals surface area contributed by atoms with Gasteiger partial charge in [-0.3, -0.25) is 0 Å². The van der Waals surface area contributed by atoms with Gasteiger partial charge in [0, 0.05) is 108 Å². The van der Waals surface area contributed by atoms with Crippen LogP contribution in [0, 0.1) is 6.92 Å². The van der Waals surface area contributed by atoms with Gasteiger partial charge in [-0.15, -0.1) is 0 Å². The van der Waals surface area contributed by atoms with Gasteiger partial charge in [-0.05, 0) is 353 Å². The van der Waals surface area contributed by atoms with Gasteiger partial charge in [-0.2, -0.15) is 0 Å². The first kappa shape index (κ1) is 103. The van der Waals surface area contributed by atoms with Crippen molar-refractivity contribution < 1.29 is 92.6 Å². The molecule has 6 atom stereocenters. The third kappa shape index (κ3) is 22.9. The van der Waals surface area contributed by atoms with Crippen LogP contribution in [-0.2, 0) is 89.9 Å². The topological polar surface area (TPSA) is 252 Å². The molecule has 12 aliphatic rings. The van der Waals surface area contributed by atoms with Crippen LogP contribution in [-0.4, -0.2) is 109 Å². The maximum atomic E-state index is 10.5. The standard InChI is InChI=1S/2C23H28O3.C22H26O3.C21H24O3.C20H22O4.C20H22O3/c1-14(2)15-5-7-18(20(24)12-15)17-11-16-6-8-21-19(22(16)25-13-17)9-10-23(3,4)26-21;1-4-5-15-6-8-18(20(24)12-15)17-13-16-7-9-21-19(22(16)25-14-17)10-11-23(2,3)26-21;1-4-14-5-7-17(19(23)11-14)16-12-15-6-8-20-18(21(15)24-13-16)9-10-22(2,3)25-20;1-13-4-6-16(18(22)10-13)15-11-14-5-7-19-17(20(14)23-12-15)8-9-21(2,3)24-19;1-20(2)8-7-16-18(24-20)6-3-12-9-13(11-23-19(12)16)15-5-4-14(21)10-17(15)22;1-20(2)10-9-16-18(23-20)8-7-13-11-14(12-22-19(13)16)15-5-3-4-6-17(15)21/h5-8,12,14,17,24H,9-11,13H2,1-4H3;6-9,12,17,24H,4-5,10-11,13-14H2,1-3H3;5-8,11,16,23H,4,9-10,12-13H2,1-3H3;4-7,10,15,22H,8-9,11-12H2,1-3H3;3-6,10,13,21-22H,7-9,11H2,1-2H3;3-8,14,21H,9-12H2,1-2H3. The van der Waals surface area contributed by atoms with Gasteiger partial charge in [0.05, 0.1) is 39.6 Å². The van der Waals surface area contributed by atoms with E-state index in [1.54, 1.807) is 18.2 Å². The van der Waals surface area contributed by atoms with Crippen LogP contribution in [0.5, 0.6) is 109 Å². The number of fused-ring (bicyclic) bond motifs is 18. The number of phenolic OH excluding ortho intramolecular Hbond substituents is 7. The molecular formula is C129H150O19. The molecule has 6 unspecified atom stereocenters. The van der Waals surface area contributed by atoms with E-state index in [0.717, 1.165) is 259 Å². The molecule has 0 radical (unpaired) electrons. The van der Waals surface area contributed by atoms with E-state index in [0.29, 0.717) is 74.3 Å². The Bertz CT molecular complexity index is 6770. The molecule has 19 heteroatoms. The minimum absolute atomic E-state index is 0.0715. The Morgan fingerprint density at radius 1 is 0.270 bits per heavy atom. The van der Waals surface area contributed by atoms with Crippen molar-refractivity contribution in [3.63, 3.8) is 0 Å². The van der Waals surface area contributed by atoms with Gasteiger partial charge >= 0.3 is 0 Å². The summed E-state index contributed by atoms with van der Waals surface area (Å²) in [5.41, 5.74) is 24.1. The molecule has 12 aliphatic heterocycles. The molecule has 12 heterocycles. The van der Waals surface area contributed by atoms with Crippen LogP contribution < -0.4 is 56.8 Å². The van der Waals surface area contributed by atoms with Crippen LogP contribution in [0.1, 0.15) is 320 Å². The summed E-state index contributed by atoms with van der Waals surface area (Å²) in [5.74, 6) is 15.3. The molecule has 0 spiro atoms. The molecule has 0 saturated heterocycles. The number of hydrogen-bond donors (Lipinski definition) is 7. The molecule has 0 aromatic heterocycles. The van der Waals surface area contributed by atoms with Crippen molar-refractivity contribution in [3.8, 4) is 109 Å². The molecule has 0 aliphatic carbocycles. The fourth-order valence-electron chi connectivity index (χ4n) is 23.4. The van der Waals surface area contributed by atoms with Crippen LogP contribution in [0.2, 0.25) is 0 Å². The normalized spacial score (nSPS) is 21.0. The highest BCUT2D eigenvalue weighted by Crippen LogP contribution is 2.54. The average molecular weight is 2000 g/mol. The summed E-state index contributed by atoms with van der Waals surface area (Å²) in [6.45, 7) is 39.6. The van der Waals surface area contributed by atoms with E-state index < -0.39 is 0 Å². The fourth-order valence-corrected chi connectivity index (χ4v) is 23.4. The van der Waals surface area contributed by atoms with E-state index >= 15 is 0 Å². The number of phenols is 7. The van der Waals surface area contributed by atoms with Crippen molar-refractivity contribution >= 4 is 0 Å². The second-order valence-electron chi connectivity index (χ2n) is 46.9. The highest BCUT2D eigenvalue weighted by Gasteiger charge is 2.42. The Labute approximate surface area is 874 Å². The van der Waals surface area contributed by atoms with Gasteiger partial charge in [0.2, 0.25) is 0 Å². The average Bonchev–Trinajstić information content (AvgIpc) is 0.782. The van der Waals surface area contributed by atoms with Crippen molar-refractivity contribution in [2.24, 2.45) is 0 Å². The molecular weight excluding hydrogens is 1850 g/mol. The summed E-state index contributed by atoms with van der Waals surface area (Å²) in [5, 5.41) is 71.3. The van der Waals surface area contributed by atoms with Gasteiger partial charge in [-0.25, -0.2) is 0 Å². The summed E-state index contributed by atoms with van der Waals surface area (Å²) in [7, 11) is 0. The zero-order chi connectivity index (χ0) is 104. The summed E-state index contributed by atoms with van der Waals surface area (Å²) in [6, 6.07) is 61.6. The number of hydrogen-bond acceptors (Lipinski definition) is 19. The Morgan fingerprint density at radius 2 is 0.527 bits per heavy atom. The van der Waals surface area contributed by atoms with Gasteiger partial charge in [0.25, 0.3) is 0 Å². The minimum Gasteiger partial charge on any atom is -0.508 e. The summed E-state index contributed by atoms with van der Waals surface area (Å²) >= 11 is 0. The Morgan fingerprint density at radius 3 is 0.797 bits per heavy atom. The smallest absolute Gasteiger partial charge is 0.129 e. The fraction of sp³-hybridized carbons (Fsp3) is 0.442. The second-order valence-corrected chi connectivity index (χ2v) is 46.9. The molecule has 780 valence electrons. The van der Waals surface area contributed by atoms with Gasteiger partial charge in [-0.1, -0.05) is 143 Å². The first-order valence-corrected chi connectivity index (χ1v) is 54.0. The van der Waals surface area contributed by atoms with Crippen LogP contribution in [0.15, 0.2) is 188 Å². The first-order valence-electron chi connectivity index (χ1n) is 54.0. The van der Waals surface area contributed by atoms with E-state index in [2.05, 4.69) is 214 Å². The molecule has 7 N–H and O–H groups in total. The zero-order valence-corrected chi connectivity index (χ0v) is 89.6. The molecule has 24 rings (SSSR count). The van der Waals surface area contributed by atoms with E-state index in [-0.39, 0.29) is 80.6 Å². The molecule has 0 bridgehead atoms. The lowest BCUT2D eigenvalue weighted by Crippen LogP contribution is -2.33. The number of aromatic hydroxyl groups is 7. The van der Waals surface area contributed by atoms with E-state index in [9.17, 15) is 35.7 Å². The predicted octanol–water partition coefficient (Wildman–Crippen LogP) is 27.9. The van der Waals surface area contributed by atoms with Gasteiger partial charge in [0.1, 0.15) is 143 Å². The monoisotopic (exact) mass is 2000 g/mol. The van der Waals surface area contributed by atoms with Crippen LogP contribution in [0.4, 0.5) is 0 Å².